The fraction of sp³-hybridized carbons (Fsp3) is 0.318. The van der Waals surface area contributed by atoms with E-state index in [0.29, 0.717) is 17.9 Å². The van der Waals surface area contributed by atoms with Gasteiger partial charge in [0.2, 0.25) is 0 Å². The third-order valence-electron chi connectivity index (χ3n) is 5.26. The number of hydrogen-bond acceptors (Lipinski definition) is 5. The van der Waals surface area contributed by atoms with Gasteiger partial charge in [0.25, 0.3) is 0 Å². The summed E-state index contributed by atoms with van der Waals surface area (Å²) in [4.78, 5) is 11.6. The molecule has 146 valence electrons. The molecule has 0 unspecified atom stereocenters. The molecule has 0 aliphatic carbocycles. The molecule has 2 aromatic carbocycles. The van der Waals surface area contributed by atoms with E-state index in [1.807, 2.05) is 25.1 Å². The predicted octanol–water partition coefficient (Wildman–Crippen LogP) is 2.36. The number of hydrogen-bond donors (Lipinski definition) is 1. The van der Waals surface area contributed by atoms with E-state index in [0.717, 1.165) is 35.4 Å². The van der Waals surface area contributed by atoms with Crippen LogP contribution in [0.25, 0.3) is 11.0 Å². The summed E-state index contributed by atoms with van der Waals surface area (Å²) in [5, 5.41) is 3.19. The van der Waals surface area contributed by atoms with Gasteiger partial charge in [-0.3, -0.25) is 0 Å². The number of methoxy groups -OCH3 is 2. The molecule has 28 heavy (non-hydrogen) atoms. The zero-order chi connectivity index (χ0) is 19.7. The molecule has 0 bridgehead atoms. The summed E-state index contributed by atoms with van der Waals surface area (Å²) in [5.41, 5.74) is 3.55. The Kier molecular flexibility index (Phi) is 4.96. The molecule has 0 spiro atoms. The fourth-order valence-corrected chi connectivity index (χ4v) is 3.80. The van der Waals surface area contributed by atoms with Crippen LogP contribution in [0.4, 0.5) is 0 Å². The van der Waals surface area contributed by atoms with Crippen LogP contribution in [0.15, 0.2) is 45.6 Å². The average molecular weight is 382 g/mol. The van der Waals surface area contributed by atoms with Crippen LogP contribution in [0.2, 0.25) is 0 Å². The van der Waals surface area contributed by atoms with E-state index < -0.39 is 0 Å². The highest BCUT2D eigenvalue weighted by Crippen LogP contribution is 2.34. The molecule has 0 radical (unpaired) electrons. The summed E-state index contributed by atoms with van der Waals surface area (Å²) in [6.07, 6.45) is 0.979. The molecule has 2 N–H and O–H groups in total. The van der Waals surface area contributed by atoms with E-state index in [1.165, 1.54) is 17.2 Å². The van der Waals surface area contributed by atoms with E-state index in [-0.39, 0.29) is 11.7 Å². The largest absolute Gasteiger partial charge is 0.493 e. The molecule has 0 fully saturated rings. The Labute approximate surface area is 163 Å². The van der Waals surface area contributed by atoms with Gasteiger partial charge < -0.3 is 23.9 Å². The molecule has 4 rings (SSSR count). The molecule has 2 heterocycles. The van der Waals surface area contributed by atoms with Crippen LogP contribution in [0, 0.1) is 6.92 Å². The summed E-state index contributed by atoms with van der Waals surface area (Å²) < 4.78 is 22.3. The molecule has 0 saturated heterocycles. The van der Waals surface area contributed by atoms with Crippen LogP contribution in [-0.2, 0) is 6.42 Å². The first-order chi connectivity index (χ1) is 13.6. The smallest absolute Gasteiger partial charge is 0.336 e. The van der Waals surface area contributed by atoms with E-state index in [1.54, 1.807) is 20.3 Å². The number of quaternary nitrogens is 1. The number of ether oxygens (including phenoxy) is 3. The average Bonchev–Trinajstić information content (AvgIpc) is 2.70. The molecular weight excluding hydrogens is 358 g/mol. The van der Waals surface area contributed by atoms with Crippen molar-refractivity contribution in [1.29, 1.82) is 0 Å². The van der Waals surface area contributed by atoms with Gasteiger partial charge in [-0.15, -0.1) is 0 Å². The summed E-state index contributed by atoms with van der Waals surface area (Å²) in [7, 11) is 3.30. The molecule has 1 aliphatic rings. The molecule has 6 heteroatoms. The molecule has 6 nitrogen and oxygen atoms in total. The lowest BCUT2D eigenvalue weighted by Gasteiger charge is -2.25. The number of rotatable bonds is 5. The maximum absolute atomic E-state index is 11.6. The second-order valence-corrected chi connectivity index (χ2v) is 7.00. The summed E-state index contributed by atoms with van der Waals surface area (Å²) >= 11 is 0. The Morgan fingerprint density at radius 3 is 2.68 bits per heavy atom. The van der Waals surface area contributed by atoms with Crippen molar-refractivity contribution in [2.45, 2.75) is 19.4 Å². The van der Waals surface area contributed by atoms with Gasteiger partial charge >= 0.3 is 5.63 Å². The first-order valence-corrected chi connectivity index (χ1v) is 9.34. The Balaban J connectivity index is 1.58. The van der Waals surface area contributed by atoms with Crippen molar-refractivity contribution < 1.29 is 23.9 Å². The first-order valence-electron chi connectivity index (χ1n) is 9.34. The molecule has 1 aromatic heterocycles. The summed E-state index contributed by atoms with van der Waals surface area (Å²) in [6, 6.07) is 11.4. The lowest BCUT2D eigenvalue weighted by Crippen LogP contribution is -2.88. The predicted molar refractivity (Wildman–Crippen MR) is 105 cm³/mol. The van der Waals surface area contributed by atoms with Gasteiger partial charge in [-0.1, -0.05) is 0 Å². The standard InChI is InChI=1S/C22H23NO5/c1-13-8-22(24)28-19-10-15(4-5-16(13)19)27-12-18-17-11-21(26-3)20(25-2)9-14(17)6-7-23-18/h4-5,8-11,18,23H,6-7,12H2,1-3H3/p+1/t18-/m0/s1. The van der Waals surface area contributed by atoms with Crippen molar-refractivity contribution in [3.05, 3.63) is 63.5 Å². The summed E-state index contributed by atoms with van der Waals surface area (Å²) in [6.45, 7) is 3.39. The van der Waals surface area contributed by atoms with Gasteiger partial charge in [0.05, 0.1) is 20.8 Å². The molecule has 3 aromatic rings. The van der Waals surface area contributed by atoms with Crippen molar-refractivity contribution in [1.82, 2.24) is 0 Å². The van der Waals surface area contributed by atoms with Gasteiger partial charge in [-0.2, -0.15) is 0 Å². The van der Waals surface area contributed by atoms with E-state index in [9.17, 15) is 4.79 Å². The second-order valence-electron chi connectivity index (χ2n) is 7.00. The van der Waals surface area contributed by atoms with Crippen molar-refractivity contribution in [3.63, 3.8) is 0 Å². The number of nitrogens with two attached hydrogens (primary N) is 1. The quantitative estimate of drug-likeness (QED) is 0.686. The number of aryl methyl sites for hydroxylation is 1. The maximum atomic E-state index is 11.6. The maximum Gasteiger partial charge on any atom is 0.336 e. The Hall–Kier alpha value is -2.99. The van der Waals surface area contributed by atoms with Gasteiger partial charge in [0.1, 0.15) is 24.0 Å². The van der Waals surface area contributed by atoms with Crippen LogP contribution < -0.4 is 25.2 Å². The van der Waals surface area contributed by atoms with E-state index in [2.05, 4.69) is 11.4 Å². The third kappa shape index (κ3) is 3.43. The van der Waals surface area contributed by atoms with Crippen LogP contribution in [0.3, 0.4) is 0 Å². The number of benzene rings is 2. The minimum atomic E-state index is -0.349. The topological polar surface area (TPSA) is 74.5 Å². The monoisotopic (exact) mass is 382 g/mol. The van der Waals surface area contributed by atoms with Crippen LogP contribution in [0.1, 0.15) is 22.7 Å². The molecule has 0 amide bonds. The third-order valence-corrected chi connectivity index (χ3v) is 5.26. The zero-order valence-corrected chi connectivity index (χ0v) is 16.3. The van der Waals surface area contributed by atoms with Gasteiger partial charge in [0.15, 0.2) is 11.5 Å². The van der Waals surface area contributed by atoms with Crippen LogP contribution in [-0.4, -0.2) is 27.4 Å². The molecule has 1 aliphatic heterocycles. The van der Waals surface area contributed by atoms with Gasteiger partial charge in [-0.05, 0) is 42.3 Å². The van der Waals surface area contributed by atoms with Crippen molar-refractivity contribution >= 4 is 11.0 Å². The molecule has 0 saturated carbocycles. The van der Waals surface area contributed by atoms with E-state index in [4.69, 9.17) is 18.6 Å². The Bertz CT molecular complexity index is 1070. The minimum absolute atomic E-state index is 0.156. The molecule has 1 atom stereocenters. The fourth-order valence-electron chi connectivity index (χ4n) is 3.80. The van der Waals surface area contributed by atoms with Crippen molar-refractivity contribution in [2.75, 3.05) is 27.4 Å². The Morgan fingerprint density at radius 2 is 1.89 bits per heavy atom. The zero-order valence-electron chi connectivity index (χ0n) is 16.3. The normalized spacial score (nSPS) is 15.9. The lowest BCUT2D eigenvalue weighted by atomic mass is 9.94. The highest BCUT2D eigenvalue weighted by molar-refractivity contribution is 5.81. The lowest BCUT2D eigenvalue weighted by molar-refractivity contribution is -0.700. The second kappa shape index (κ2) is 7.56. The summed E-state index contributed by atoms with van der Waals surface area (Å²) in [5.74, 6) is 2.16. The SMILES string of the molecule is COc1cc2c(cc1OC)[C@H](COc1ccc3c(C)cc(=O)oc3c1)[NH2+]CC2. The molecular formula is C22H24NO5+. The van der Waals surface area contributed by atoms with Gasteiger partial charge in [0, 0.05) is 29.5 Å². The highest BCUT2D eigenvalue weighted by Gasteiger charge is 2.26. The minimum Gasteiger partial charge on any atom is -0.493 e. The highest BCUT2D eigenvalue weighted by atomic mass is 16.5. The van der Waals surface area contributed by atoms with Gasteiger partial charge in [-0.25, -0.2) is 4.79 Å². The van der Waals surface area contributed by atoms with Crippen molar-refractivity contribution in [3.8, 4) is 17.2 Å². The van der Waals surface area contributed by atoms with Crippen molar-refractivity contribution in [2.24, 2.45) is 0 Å². The Morgan fingerprint density at radius 1 is 1.11 bits per heavy atom. The number of fused-ring (bicyclic) bond motifs is 2. The first kappa shape index (κ1) is 18.4. The van der Waals surface area contributed by atoms with Crippen LogP contribution >= 0.6 is 0 Å². The van der Waals surface area contributed by atoms with Crippen LogP contribution in [0.5, 0.6) is 17.2 Å². The van der Waals surface area contributed by atoms with E-state index >= 15 is 0 Å².